The van der Waals surface area contributed by atoms with Crippen molar-refractivity contribution in [2.75, 3.05) is 12.4 Å². The van der Waals surface area contributed by atoms with E-state index in [1.165, 1.54) is 0 Å². The summed E-state index contributed by atoms with van der Waals surface area (Å²) in [6, 6.07) is 15.2. The number of nitrogens with one attached hydrogen (secondary N) is 2. The van der Waals surface area contributed by atoms with Gasteiger partial charge in [0, 0.05) is 31.7 Å². The van der Waals surface area contributed by atoms with Gasteiger partial charge in [0.25, 0.3) is 0 Å². The second-order valence-corrected chi connectivity index (χ2v) is 5.54. The first-order valence-corrected chi connectivity index (χ1v) is 7.95. The minimum Gasteiger partial charge on any atom is -0.380 e. The van der Waals surface area contributed by atoms with Gasteiger partial charge in [0.15, 0.2) is 0 Å². The number of aromatic nitrogens is 2. The van der Waals surface area contributed by atoms with E-state index in [-0.39, 0.29) is 6.03 Å². The first-order valence-electron chi connectivity index (χ1n) is 7.95. The van der Waals surface area contributed by atoms with E-state index < -0.39 is 0 Å². The second-order valence-electron chi connectivity index (χ2n) is 5.54. The molecule has 3 rings (SSSR count). The predicted molar refractivity (Wildman–Crippen MR) is 96.6 cm³/mol. The van der Waals surface area contributed by atoms with Gasteiger partial charge in [-0.3, -0.25) is 0 Å². The van der Waals surface area contributed by atoms with Gasteiger partial charge in [-0.1, -0.05) is 30.3 Å². The van der Waals surface area contributed by atoms with E-state index in [0.717, 1.165) is 22.5 Å². The van der Waals surface area contributed by atoms with Crippen LogP contribution >= 0.6 is 0 Å². The van der Waals surface area contributed by atoms with Gasteiger partial charge in [-0.05, 0) is 29.3 Å². The van der Waals surface area contributed by atoms with Crippen LogP contribution in [0.15, 0.2) is 67.3 Å². The normalized spacial score (nSPS) is 10.4. The average Bonchev–Trinajstić information content (AvgIpc) is 3.15. The summed E-state index contributed by atoms with van der Waals surface area (Å²) in [6.45, 7) is 0.924. The van der Waals surface area contributed by atoms with Crippen molar-refractivity contribution in [1.29, 1.82) is 0 Å². The number of urea groups is 1. The fourth-order valence-corrected chi connectivity index (χ4v) is 2.57. The molecule has 0 aliphatic carbocycles. The molecule has 0 aliphatic rings. The Bertz CT molecular complexity index is 831. The molecule has 3 aromatic rings. The Kier molecular flexibility index (Phi) is 5.43. The van der Waals surface area contributed by atoms with Gasteiger partial charge in [0.1, 0.15) is 0 Å². The van der Waals surface area contributed by atoms with Crippen LogP contribution in [0, 0.1) is 0 Å². The molecule has 0 saturated heterocycles. The quantitative estimate of drug-likeness (QED) is 0.725. The van der Waals surface area contributed by atoms with Gasteiger partial charge < -0.3 is 19.9 Å². The van der Waals surface area contributed by atoms with Crippen LogP contribution in [0.3, 0.4) is 0 Å². The largest absolute Gasteiger partial charge is 0.380 e. The number of carbonyl (C=O) groups excluding carboxylic acids is 1. The van der Waals surface area contributed by atoms with E-state index in [1.54, 1.807) is 19.6 Å². The van der Waals surface area contributed by atoms with E-state index >= 15 is 0 Å². The lowest BCUT2D eigenvalue weighted by Crippen LogP contribution is -2.28. The van der Waals surface area contributed by atoms with E-state index in [2.05, 4.69) is 15.6 Å². The van der Waals surface area contributed by atoms with Crippen LogP contribution in [-0.2, 0) is 17.9 Å². The van der Waals surface area contributed by atoms with Crippen molar-refractivity contribution >= 4 is 11.7 Å². The van der Waals surface area contributed by atoms with Gasteiger partial charge in [0.05, 0.1) is 18.6 Å². The fourth-order valence-electron chi connectivity index (χ4n) is 2.57. The predicted octanol–water partition coefficient (Wildman–Crippen LogP) is 3.34. The number of anilines is 1. The second kappa shape index (κ2) is 8.12. The molecular formula is C19H20N4O2. The molecule has 2 aromatic carbocycles. The third-order valence-corrected chi connectivity index (χ3v) is 3.71. The van der Waals surface area contributed by atoms with E-state index in [4.69, 9.17) is 4.74 Å². The van der Waals surface area contributed by atoms with Crippen LogP contribution in [0.4, 0.5) is 10.5 Å². The van der Waals surface area contributed by atoms with Crippen molar-refractivity contribution in [1.82, 2.24) is 14.9 Å². The van der Waals surface area contributed by atoms with Gasteiger partial charge in [-0.25, -0.2) is 9.78 Å². The van der Waals surface area contributed by atoms with Crippen LogP contribution in [0.5, 0.6) is 0 Å². The molecule has 0 bridgehead atoms. The molecule has 2 N–H and O–H groups in total. The minimum absolute atomic E-state index is 0.255. The number of imidazole rings is 1. The number of carbonyl (C=O) groups is 1. The summed E-state index contributed by atoms with van der Waals surface area (Å²) in [6.07, 6.45) is 5.34. The third-order valence-electron chi connectivity index (χ3n) is 3.71. The highest BCUT2D eigenvalue weighted by Gasteiger charge is 2.06. The molecule has 0 unspecified atom stereocenters. The Balaban J connectivity index is 1.63. The zero-order valence-corrected chi connectivity index (χ0v) is 14.0. The number of hydrogen-bond acceptors (Lipinski definition) is 3. The maximum absolute atomic E-state index is 12.2. The average molecular weight is 336 g/mol. The summed E-state index contributed by atoms with van der Waals surface area (Å²) >= 11 is 0. The number of amides is 2. The third kappa shape index (κ3) is 4.45. The lowest BCUT2D eigenvalue weighted by Gasteiger charge is -2.12. The van der Waals surface area contributed by atoms with Crippen LogP contribution in [-0.4, -0.2) is 22.7 Å². The molecule has 0 saturated carbocycles. The van der Waals surface area contributed by atoms with Gasteiger partial charge in [0.2, 0.25) is 0 Å². The Morgan fingerprint density at radius 3 is 2.88 bits per heavy atom. The number of benzene rings is 2. The number of para-hydroxylation sites is 1. The molecule has 1 heterocycles. The molecule has 0 spiro atoms. The minimum atomic E-state index is -0.255. The summed E-state index contributed by atoms with van der Waals surface area (Å²) in [5.74, 6) is 0. The standard InChI is InChI=1S/C19H20N4O2/c1-25-13-15-5-4-7-17(11-15)22-19(24)21-12-16-6-2-3-8-18(16)23-10-9-20-14-23/h2-11,14H,12-13H2,1H3,(H2,21,22,24). The Morgan fingerprint density at radius 1 is 1.20 bits per heavy atom. The highest BCUT2D eigenvalue weighted by Crippen LogP contribution is 2.14. The molecule has 0 fully saturated rings. The lowest BCUT2D eigenvalue weighted by molar-refractivity contribution is 0.185. The zero-order valence-electron chi connectivity index (χ0n) is 14.0. The number of methoxy groups -OCH3 is 1. The smallest absolute Gasteiger partial charge is 0.319 e. The van der Waals surface area contributed by atoms with Gasteiger partial charge in [-0.2, -0.15) is 0 Å². The van der Waals surface area contributed by atoms with Crippen LogP contribution in [0.25, 0.3) is 5.69 Å². The van der Waals surface area contributed by atoms with Gasteiger partial charge in [-0.15, -0.1) is 0 Å². The van der Waals surface area contributed by atoms with Crippen molar-refractivity contribution in [2.24, 2.45) is 0 Å². The van der Waals surface area contributed by atoms with Crippen molar-refractivity contribution in [3.63, 3.8) is 0 Å². The SMILES string of the molecule is COCc1cccc(NC(=O)NCc2ccccc2-n2ccnc2)c1. The highest BCUT2D eigenvalue weighted by atomic mass is 16.5. The number of hydrogen-bond donors (Lipinski definition) is 2. The van der Waals surface area contributed by atoms with Crippen LogP contribution in [0.1, 0.15) is 11.1 Å². The molecule has 25 heavy (non-hydrogen) atoms. The lowest BCUT2D eigenvalue weighted by atomic mass is 10.1. The molecule has 1 aromatic heterocycles. The van der Waals surface area contributed by atoms with Crippen LogP contribution < -0.4 is 10.6 Å². The number of rotatable bonds is 6. The molecule has 128 valence electrons. The van der Waals surface area contributed by atoms with Crippen LogP contribution in [0.2, 0.25) is 0 Å². The Hall–Kier alpha value is -3.12. The monoisotopic (exact) mass is 336 g/mol. The summed E-state index contributed by atoms with van der Waals surface area (Å²) in [7, 11) is 1.64. The van der Waals surface area contributed by atoms with E-state index in [9.17, 15) is 4.79 Å². The van der Waals surface area contributed by atoms with Crippen molar-refractivity contribution in [2.45, 2.75) is 13.2 Å². The molecule has 0 atom stereocenters. The van der Waals surface area contributed by atoms with Crippen molar-refractivity contribution in [3.8, 4) is 5.69 Å². The molecule has 6 nitrogen and oxygen atoms in total. The topological polar surface area (TPSA) is 68.2 Å². The maximum atomic E-state index is 12.2. The fraction of sp³-hybridized carbons (Fsp3) is 0.158. The van der Waals surface area contributed by atoms with E-state index in [0.29, 0.717) is 13.2 Å². The van der Waals surface area contributed by atoms with Crippen molar-refractivity contribution < 1.29 is 9.53 Å². The molecule has 2 amide bonds. The summed E-state index contributed by atoms with van der Waals surface area (Å²) in [5.41, 5.74) is 3.73. The maximum Gasteiger partial charge on any atom is 0.319 e. The first kappa shape index (κ1) is 16.7. The van der Waals surface area contributed by atoms with Gasteiger partial charge >= 0.3 is 6.03 Å². The first-order chi connectivity index (χ1) is 12.3. The molecule has 6 heteroatoms. The Morgan fingerprint density at radius 2 is 2.08 bits per heavy atom. The number of nitrogens with zero attached hydrogens (tertiary/aromatic N) is 2. The number of ether oxygens (including phenoxy) is 1. The Labute approximate surface area is 146 Å². The summed E-state index contributed by atoms with van der Waals surface area (Å²) in [5, 5.41) is 5.73. The molecular weight excluding hydrogens is 316 g/mol. The molecule has 0 aliphatic heterocycles. The summed E-state index contributed by atoms with van der Waals surface area (Å²) < 4.78 is 7.03. The molecule has 0 radical (unpaired) electrons. The summed E-state index contributed by atoms with van der Waals surface area (Å²) in [4.78, 5) is 16.2. The highest BCUT2D eigenvalue weighted by molar-refractivity contribution is 5.89. The van der Waals surface area contributed by atoms with Crippen molar-refractivity contribution in [3.05, 3.63) is 78.4 Å². The zero-order chi connectivity index (χ0) is 17.5. The van der Waals surface area contributed by atoms with E-state index in [1.807, 2.05) is 59.3 Å².